The Labute approximate surface area is 181 Å². The molecule has 0 aromatic heterocycles. The molecular weight excluding hydrogens is 516 g/mol. The van der Waals surface area contributed by atoms with E-state index in [9.17, 15) is 42.8 Å². The lowest BCUT2D eigenvalue weighted by Gasteiger charge is -2.29. The summed E-state index contributed by atoms with van der Waals surface area (Å²) in [6.45, 7) is -0.424. The average molecular weight is 540 g/mol. The van der Waals surface area contributed by atoms with Crippen LogP contribution in [0.3, 0.4) is 0 Å². The number of carbonyl (C=O) groups excluding carboxylic acids is 1. The van der Waals surface area contributed by atoms with Crippen molar-refractivity contribution in [3.8, 4) is 0 Å². The van der Waals surface area contributed by atoms with Crippen molar-refractivity contribution in [2.45, 2.75) is 16.9 Å². The molecule has 1 aromatic carbocycles. The Morgan fingerprint density at radius 3 is 1.78 bits per heavy atom. The first-order valence-corrected chi connectivity index (χ1v) is 15.6. The van der Waals surface area contributed by atoms with Crippen LogP contribution in [0, 0.1) is 0 Å². The van der Waals surface area contributed by atoms with Crippen LogP contribution in [0.2, 0.25) is 0 Å². The van der Waals surface area contributed by atoms with E-state index in [0.29, 0.717) is 0 Å². The van der Waals surface area contributed by atoms with Gasteiger partial charge >= 0.3 is 22.8 Å². The van der Waals surface area contributed by atoms with Gasteiger partial charge in [0.15, 0.2) is 5.40 Å². The maximum Gasteiger partial charge on any atom is 0.369 e. The summed E-state index contributed by atoms with van der Waals surface area (Å²) in [5.74, 6) is -0.822. The van der Waals surface area contributed by atoms with Gasteiger partial charge in [-0.05, 0) is 24.3 Å². The number of benzene rings is 1. The highest BCUT2D eigenvalue weighted by Gasteiger charge is 2.58. The monoisotopic (exact) mass is 540 g/mol. The van der Waals surface area contributed by atoms with Crippen molar-refractivity contribution in [1.82, 2.24) is 5.32 Å². The second-order valence-corrected chi connectivity index (χ2v) is 15.6. The zero-order chi connectivity index (χ0) is 25.2. The summed E-state index contributed by atoms with van der Waals surface area (Å²) >= 11 is 0. The van der Waals surface area contributed by atoms with Gasteiger partial charge in [0.1, 0.15) is 0 Å². The predicted octanol–water partition coefficient (Wildman–Crippen LogP) is -0.376. The first-order valence-electron chi connectivity index (χ1n) is 8.51. The molecule has 0 saturated heterocycles. The number of amides is 1. The molecule has 19 heteroatoms. The molecule has 1 aromatic rings. The summed E-state index contributed by atoms with van der Waals surface area (Å²) in [6.07, 6.45) is -1.14. The topological polar surface area (TPSA) is 271 Å². The van der Waals surface area contributed by atoms with E-state index in [0.717, 1.165) is 6.66 Å². The minimum atomic E-state index is -5.65. The van der Waals surface area contributed by atoms with Crippen LogP contribution < -0.4 is 10.6 Å². The minimum Gasteiger partial charge on any atom is -0.384 e. The van der Waals surface area contributed by atoms with E-state index in [1.165, 1.54) is 24.3 Å². The Bertz CT molecular complexity index is 961. The van der Waals surface area contributed by atoms with E-state index < -0.39 is 66.1 Å². The molecule has 0 aliphatic heterocycles. The maximum absolute atomic E-state index is 12.1. The molecule has 0 spiro atoms. The molecule has 32 heavy (non-hydrogen) atoms. The third kappa shape index (κ3) is 7.56. The standard InChI is InChI=1S/C13H24N2O13P4/c1-29(18,19)11(30(20,21)22)8-15-10-4-2-9(3-5-10)12(16)14-7-6-13(17,31(23,24)25)32(26,27)28/h2-5,11,15,17H,6-8H2,1H3,(H,14,16)(H,18,19)(H2,20,21,22)(H2,23,24,25)(H2,26,27,28). The molecule has 0 aliphatic carbocycles. The molecule has 0 saturated carbocycles. The Morgan fingerprint density at radius 1 is 0.938 bits per heavy atom. The molecule has 184 valence electrons. The zero-order valence-electron chi connectivity index (χ0n) is 16.4. The SMILES string of the molecule is CP(=O)(O)C(CNc1ccc(C(=O)NCCC(O)(P(=O)(O)O)P(=O)(O)O)cc1)P(=O)(O)O. The van der Waals surface area contributed by atoms with Gasteiger partial charge in [-0.2, -0.15) is 0 Å². The third-order valence-corrected chi connectivity index (χ3v) is 12.6. The van der Waals surface area contributed by atoms with Crippen molar-refractivity contribution < 1.29 is 62.4 Å². The van der Waals surface area contributed by atoms with Crippen LogP contribution in [0.15, 0.2) is 24.3 Å². The van der Waals surface area contributed by atoms with Crippen molar-refractivity contribution in [2.24, 2.45) is 0 Å². The summed E-state index contributed by atoms with van der Waals surface area (Å²) in [5, 5.41) is 8.92. The Hall–Kier alpha value is -0.910. The van der Waals surface area contributed by atoms with Crippen molar-refractivity contribution in [3.63, 3.8) is 0 Å². The number of carbonyl (C=O) groups is 1. The van der Waals surface area contributed by atoms with Gasteiger partial charge in [-0.15, -0.1) is 0 Å². The lowest BCUT2D eigenvalue weighted by atomic mass is 10.2. The highest BCUT2D eigenvalue weighted by Crippen LogP contribution is 2.68. The molecule has 1 amide bonds. The second-order valence-electron chi connectivity index (χ2n) is 6.84. The predicted molar refractivity (Wildman–Crippen MR) is 113 cm³/mol. The molecule has 0 fully saturated rings. The normalized spacial score (nSPS) is 16.2. The van der Waals surface area contributed by atoms with E-state index in [4.69, 9.17) is 19.6 Å². The summed E-state index contributed by atoms with van der Waals surface area (Å²) in [4.78, 5) is 76.2. The number of rotatable bonds is 11. The van der Waals surface area contributed by atoms with Gasteiger partial charge in [0.25, 0.3) is 11.0 Å². The van der Waals surface area contributed by atoms with Crippen molar-refractivity contribution >= 4 is 41.8 Å². The number of hydrogen-bond acceptors (Lipinski definition) is 7. The molecule has 10 N–H and O–H groups in total. The largest absolute Gasteiger partial charge is 0.384 e. The first-order chi connectivity index (χ1) is 14.2. The zero-order valence-corrected chi connectivity index (χ0v) is 20.0. The summed E-state index contributed by atoms with van der Waals surface area (Å²) in [5.41, 5.74) is 0.229. The number of anilines is 1. The van der Waals surface area contributed by atoms with E-state index in [-0.39, 0.29) is 11.3 Å². The van der Waals surface area contributed by atoms with Crippen LogP contribution in [0.4, 0.5) is 5.69 Å². The van der Waals surface area contributed by atoms with Gasteiger partial charge in [0.2, 0.25) is 7.37 Å². The summed E-state index contributed by atoms with van der Waals surface area (Å²) in [7, 11) is -20.3. The molecule has 0 aliphatic rings. The maximum atomic E-state index is 12.1. The van der Waals surface area contributed by atoms with Crippen LogP contribution >= 0.6 is 30.2 Å². The fraction of sp³-hybridized carbons (Fsp3) is 0.462. The highest BCUT2D eigenvalue weighted by atomic mass is 31.2. The van der Waals surface area contributed by atoms with Crippen LogP contribution in [-0.4, -0.2) is 75.5 Å². The molecule has 0 bridgehead atoms. The van der Waals surface area contributed by atoms with Gasteiger partial charge in [-0.3, -0.25) is 23.1 Å². The van der Waals surface area contributed by atoms with Gasteiger partial charge < -0.3 is 50.0 Å². The quantitative estimate of drug-likeness (QED) is 0.160. The molecule has 15 nitrogen and oxygen atoms in total. The summed E-state index contributed by atoms with van der Waals surface area (Å²) < 4.78 is 45.6. The van der Waals surface area contributed by atoms with Crippen molar-refractivity contribution in [2.75, 3.05) is 25.1 Å². The number of aliphatic hydroxyl groups is 1. The smallest absolute Gasteiger partial charge is 0.369 e. The van der Waals surface area contributed by atoms with E-state index in [1.807, 2.05) is 0 Å². The Kier molecular flexibility index (Phi) is 9.24. The molecule has 2 atom stereocenters. The molecule has 2 unspecified atom stereocenters. The molecule has 1 rings (SSSR count). The van der Waals surface area contributed by atoms with Gasteiger partial charge in [-0.1, -0.05) is 0 Å². The van der Waals surface area contributed by atoms with Crippen LogP contribution in [0.25, 0.3) is 0 Å². The number of nitrogens with one attached hydrogen (secondary N) is 2. The minimum absolute atomic E-state index is 0.0127. The highest BCUT2D eigenvalue weighted by molar-refractivity contribution is 7.73. The van der Waals surface area contributed by atoms with Crippen LogP contribution in [-0.2, 0) is 18.3 Å². The van der Waals surface area contributed by atoms with E-state index >= 15 is 0 Å². The first kappa shape index (κ1) is 29.1. The van der Waals surface area contributed by atoms with Crippen molar-refractivity contribution in [1.29, 1.82) is 0 Å². The van der Waals surface area contributed by atoms with Gasteiger partial charge in [0, 0.05) is 37.4 Å². The second kappa shape index (κ2) is 10.1. The lowest BCUT2D eigenvalue weighted by Crippen LogP contribution is -2.35. The summed E-state index contributed by atoms with van der Waals surface area (Å²) in [6, 6.07) is 5.05. The third-order valence-electron chi connectivity index (χ3n) is 4.26. The fourth-order valence-corrected chi connectivity index (χ4v) is 7.58. The van der Waals surface area contributed by atoms with Gasteiger partial charge in [0.05, 0.1) is 0 Å². The number of hydrogen-bond donors (Lipinski definition) is 10. The average Bonchev–Trinajstić information content (AvgIpc) is 2.57. The lowest BCUT2D eigenvalue weighted by molar-refractivity contribution is 0.0926. The Morgan fingerprint density at radius 2 is 1.41 bits per heavy atom. The Balaban J connectivity index is 2.78. The van der Waals surface area contributed by atoms with E-state index in [2.05, 4.69) is 10.6 Å². The molecule has 0 radical (unpaired) electrons. The van der Waals surface area contributed by atoms with Crippen LogP contribution in [0.1, 0.15) is 16.8 Å². The molecular formula is C13H24N2O13P4. The molecule has 0 heterocycles. The van der Waals surface area contributed by atoms with Gasteiger partial charge in [-0.25, -0.2) is 0 Å². The fourth-order valence-electron chi connectivity index (χ4n) is 2.42. The van der Waals surface area contributed by atoms with E-state index in [1.54, 1.807) is 0 Å². The van der Waals surface area contributed by atoms with Crippen molar-refractivity contribution in [3.05, 3.63) is 29.8 Å². The van der Waals surface area contributed by atoms with Crippen LogP contribution in [0.5, 0.6) is 0 Å².